The van der Waals surface area contributed by atoms with Crippen LogP contribution in [0.1, 0.15) is 245 Å². The van der Waals surface area contributed by atoms with Gasteiger partial charge in [0, 0.05) is 6.42 Å². The van der Waals surface area contributed by atoms with Crippen molar-refractivity contribution in [3.05, 3.63) is 24.3 Å². The zero-order valence-corrected chi connectivity index (χ0v) is 41.4. The van der Waals surface area contributed by atoms with Crippen molar-refractivity contribution in [3.8, 4) is 0 Å². The number of quaternary nitrogens is 1. The largest absolute Gasteiger partial charge is 0.472 e. The van der Waals surface area contributed by atoms with Gasteiger partial charge in [0.1, 0.15) is 13.2 Å². The number of carbonyl (C=O) groups is 1. The van der Waals surface area contributed by atoms with Crippen LogP contribution in [0.3, 0.4) is 0 Å². The van der Waals surface area contributed by atoms with Crippen molar-refractivity contribution in [2.24, 2.45) is 0 Å². The topological polar surface area (TPSA) is 105 Å². The molecule has 0 aliphatic rings. The maximum atomic E-state index is 12.9. The van der Waals surface area contributed by atoms with Crippen LogP contribution in [0, 0.1) is 0 Å². The van der Waals surface area contributed by atoms with E-state index in [1.165, 1.54) is 173 Å². The first-order valence-electron chi connectivity index (χ1n) is 25.7. The van der Waals surface area contributed by atoms with E-state index in [2.05, 4.69) is 31.3 Å². The summed E-state index contributed by atoms with van der Waals surface area (Å²) in [7, 11) is 1.57. The van der Waals surface area contributed by atoms with Crippen molar-refractivity contribution in [2.45, 2.75) is 257 Å². The van der Waals surface area contributed by atoms with Gasteiger partial charge < -0.3 is 19.8 Å². The molecule has 3 atom stereocenters. The molecular weight excluding hydrogens is 768 g/mol. The SMILES string of the molecule is CCCCC/C=C\CCCCCCCC(=O)NC(COP(=O)(O)OCC[N+](C)(C)C)C(O)/C=C/CCCCCCCCCCCCCCCCCCCCCCCCCC. The molecule has 0 aliphatic heterocycles. The predicted octanol–water partition coefficient (Wildman–Crippen LogP) is 14.9. The van der Waals surface area contributed by atoms with Gasteiger partial charge in [0.25, 0.3) is 0 Å². The fourth-order valence-electron chi connectivity index (χ4n) is 7.57. The third-order valence-corrected chi connectivity index (χ3v) is 12.6. The van der Waals surface area contributed by atoms with Gasteiger partial charge in [-0.3, -0.25) is 13.8 Å². The van der Waals surface area contributed by atoms with Gasteiger partial charge in [0.15, 0.2) is 0 Å². The van der Waals surface area contributed by atoms with Gasteiger partial charge in [-0.1, -0.05) is 218 Å². The predicted molar refractivity (Wildman–Crippen MR) is 258 cm³/mol. The average Bonchev–Trinajstić information content (AvgIpc) is 3.20. The second kappa shape index (κ2) is 43.2. The smallest absolute Gasteiger partial charge is 0.387 e. The summed E-state index contributed by atoms with van der Waals surface area (Å²) in [4.78, 5) is 23.1. The van der Waals surface area contributed by atoms with Gasteiger partial charge in [0.2, 0.25) is 5.91 Å². The summed E-state index contributed by atoms with van der Waals surface area (Å²) in [6.45, 7) is 4.80. The Balaban J connectivity index is 4.18. The zero-order chi connectivity index (χ0) is 44.3. The number of aliphatic hydroxyl groups is 1. The van der Waals surface area contributed by atoms with Gasteiger partial charge >= 0.3 is 7.82 Å². The fourth-order valence-corrected chi connectivity index (χ4v) is 8.30. The molecule has 0 radical (unpaired) electrons. The van der Waals surface area contributed by atoms with Crippen LogP contribution in [-0.4, -0.2) is 73.4 Å². The number of aliphatic hydroxyl groups excluding tert-OH is 1. The van der Waals surface area contributed by atoms with Crippen molar-refractivity contribution >= 4 is 13.7 Å². The molecule has 0 aromatic rings. The molecule has 0 aromatic heterocycles. The number of carbonyl (C=O) groups excluding carboxylic acids is 1. The van der Waals surface area contributed by atoms with Gasteiger partial charge in [0.05, 0.1) is 39.9 Å². The lowest BCUT2D eigenvalue weighted by molar-refractivity contribution is -0.870. The Bertz CT molecular complexity index is 1030. The number of likely N-dealkylation sites (N-methyl/N-ethyl adjacent to an activating group) is 1. The Morgan fingerprint density at radius 3 is 1.32 bits per heavy atom. The number of allylic oxidation sites excluding steroid dienone is 3. The summed E-state index contributed by atoms with van der Waals surface area (Å²) in [5.41, 5.74) is 0. The number of phosphoric ester groups is 1. The normalized spacial score (nSPS) is 14.3. The molecular formula is C51H102N2O6P+. The Morgan fingerprint density at radius 2 is 0.900 bits per heavy atom. The lowest BCUT2D eigenvalue weighted by Crippen LogP contribution is -2.45. The molecule has 0 spiro atoms. The van der Waals surface area contributed by atoms with E-state index in [9.17, 15) is 19.4 Å². The van der Waals surface area contributed by atoms with E-state index in [0.29, 0.717) is 17.4 Å². The summed E-state index contributed by atoms with van der Waals surface area (Å²) < 4.78 is 23.6. The van der Waals surface area contributed by atoms with Gasteiger partial charge in [-0.25, -0.2) is 4.57 Å². The minimum atomic E-state index is -4.34. The number of hydrogen-bond acceptors (Lipinski definition) is 5. The second-order valence-electron chi connectivity index (χ2n) is 18.9. The van der Waals surface area contributed by atoms with E-state index in [1.54, 1.807) is 6.08 Å². The Kier molecular flexibility index (Phi) is 42.5. The molecule has 3 unspecified atom stereocenters. The first-order chi connectivity index (χ1) is 29.0. The van der Waals surface area contributed by atoms with Gasteiger partial charge in [-0.15, -0.1) is 0 Å². The molecule has 3 N–H and O–H groups in total. The third kappa shape index (κ3) is 45.0. The maximum absolute atomic E-state index is 12.9. The van der Waals surface area contributed by atoms with Crippen LogP contribution in [0.4, 0.5) is 0 Å². The van der Waals surface area contributed by atoms with E-state index >= 15 is 0 Å². The number of rotatable bonds is 47. The molecule has 0 rings (SSSR count). The van der Waals surface area contributed by atoms with Crippen molar-refractivity contribution in [2.75, 3.05) is 40.9 Å². The molecule has 0 heterocycles. The highest BCUT2D eigenvalue weighted by atomic mass is 31.2. The number of amides is 1. The molecule has 0 saturated carbocycles. The first kappa shape index (κ1) is 59.0. The highest BCUT2D eigenvalue weighted by Crippen LogP contribution is 2.43. The molecule has 0 bridgehead atoms. The zero-order valence-electron chi connectivity index (χ0n) is 40.5. The van der Waals surface area contributed by atoms with Crippen molar-refractivity contribution in [1.82, 2.24) is 5.32 Å². The molecule has 60 heavy (non-hydrogen) atoms. The van der Waals surface area contributed by atoms with Crippen molar-refractivity contribution in [3.63, 3.8) is 0 Å². The summed E-state index contributed by atoms with van der Waals surface area (Å²) in [6.07, 6.45) is 52.7. The minimum Gasteiger partial charge on any atom is -0.387 e. The van der Waals surface area contributed by atoms with E-state index in [1.807, 2.05) is 27.2 Å². The summed E-state index contributed by atoms with van der Waals surface area (Å²) >= 11 is 0. The molecule has 0 saturated heterocycles. The molecule has 0 fully saturated rings. The number of phosphoric acid groups is 1. The number of nitrogens with one attached hydrogen (secondary N) is 1. The number of unbranched alkanes of at least 4 members (excludes halogenated alkanes) is 32. The number of nitrogens with zero attached hydrogens (tertiary/aromatic N) is 1. The standard InChI is InChI=1S/C51H101N2O6P/c1-6-8-10-12-14-16-18-20-21-22-23-24-25-26-27-28-29-30-31-32-33-34-36-38-40-42-44-50(54)49(48-59-60(56,57)58-47-46-53(3,4)5)52-51(55)45-43-41-39-37-35-19-17-15-13-11-9-7-2/h15,17,42,44,49-50,54H,6-14,16,18-41,43,45-48H2,1-5H3,(H-,52,55,56,57)/p+1/b17-15-,44-42+. The van der Waals surface area contributed by atoms with E-state index in [-0.39, 0.29) is 19.1 Å². The van der Waals surface area contributed by atoms with Crippen LogP contribution >= 0.6 is 7.82 Å². The first-order valence-corrected chi connectivity index (χ1v) is 27.2. The lowest BCUT2D eigenvalue weighted by Gasteiger charge is -2.25. The van der Waals surface area contributed by atoms with Gasteiger partial charge in [-0.2, -0.15) is 0 Å². The monoisotopic (exact) mass is 870 g/mol. The molecule has 9 heteroatoms. The van der Waals surface area contributed by atoms with Crippen LogP contribution in [0.25, 0.3) is 0 Å². The Morgan fingerprint density at radius 1 is 0.550 bits per heavy atom. The summed E-state index contributed by atoms with van der Waals surface area (Å²) in [5.74, 6) is -0.185. The minimum absolute atomic E-state index is 0.0611. The second-order valence-corrected chi connectivity index (χ2v) is 20.4. The van der Waals surface area contributed by atoms with E-state index in [4.69, 9.17) is 9.05 Å². The highest BCUT2D eigenvalue weighted by Gasteiger charge is 2.27. The van der Waals surface area contributed by atoms with Crippen molar-refractivity contribution < 1.29 is 32.9 Å². The molecule has 8 nitrogen and oxygen atoms in total. The summed E-state index contributed by atoms with van der Waals surface area (Å²) in [6, 6.07) is -0.848. The molecule has 1 amide bonds. The quantitative estimate of drug-likeness (QED) is 0.0243. The average molecular weight is 870 g/mol. The van der Waals surface area contributed by atoms with E-state index < -0.39 is 20.0 Å². The van der Waals surface area contributed by atoms with Crippen LogP contribution in [-0.2, 0) is 18.4 Å². The Hall–Kier alpha value is -1.02. The molecule has 0 aliphatic carbocycles. The number of hydrogen-bond donors (Lipinski definition) is 3. The third-order valence-electron chi connectivity index (χ3n) is 11.7. The maximum Gasteiger partial charge on any atom is 0.472 e. The van der Waals surface area contributed by atoms with E-state index in [0.717, 1.165) is 51.4 Å². The fraction of sp³-hybridized carbons (Fsp3) is 0.902. The highest BCUT2D eigenvalue weighted by molar-refractivity contribution is 7.47. The van der Waals surface area contributed by atoms with Gasteiger partial charge in [-0.05, 0) is 44.9 Å². The molecule has 356 valence electrons. The van der Waals surface area contributed by atoms with Crippen LogP contribution in [0.15, 0.2) is 24.3 Å². The lowest BCUT2D eigenvalue weighted by atomic mass is 10.0. The van der Waals surface area contributed by atoms with Crippen LogP contribution < -0.4 is 5.32 Å². The van der Waals surface area contributed by atoms with Crippen molar-refractivity contribution in [1.29, 1.82) is 0 Å². The molecule has 0 aromatic carbocycles. The summed E-state index contributed by atoms with van der Waals surface area (Å²) in [5, 5.41) is 13.9. The van der Waals surface area contributed by atoms with Crippen LogP contribution in [0.5, 0.6) is 0 Å². The Labute approximate surface area is 373 Å². The van der Waals surface area contributed by atoms with Crippen LogP contribution in [0.2, 0.25) is 0 Å².